The number of hydroxylamine groups is 3. The zero-order valence-electron chi connectivity index (χ0n) is 10.9. The fourth-order valence-electron chi connectivity index (χ4n) is 1.92. The van der Waals surface area contributed by atoms with Gasteiger partial charge in [0.05, 0.1) is 0 Å². The minimum absolute atomic E-state index is 0.561. The summed E-state index contributed by atoms with van der Waals surface area (Å²) in [6.45, 7) is -2.03. The topological polar surface area (TPSA) is 231 Å². The Hall–Kier alpha value is -1.54. The number of urea groups is 1. The molecule has 22 heavy (non-hydrogen) atoms. The van der Waals surface area contributed by atoms with Gasteiger partial charge in [-0.05, 0) is 11.9 Å². The average molecular weight is 331 g/mol. The zero-order chi connectivity index (χ0) is 17.7. The van der Waals surface area contributed by atoms with Crippen molar-refractivity contribution in [1.29, 1.82) is 0 Å². The van der Waals surface area contributed by atoms with Gasteiger partial charge in [0.2, 0.25) is 0 Å². The first kappa shape index (κ1) is 18.5. The van der Waals surface area contributed by atoms with Gasteiger partial charge in [0.1, 0.15) is 12.0 Å². The first-order valence-electron chi connectivity index (χ1n) is 5.32. The molecule has 0 aromatic rings. The fraction of sp³-hybridized carbons (Fsp3) is 0.667. The normalized spacial score (nSPS) is 25.0. The molecule has 0 spiro atoms. The molecule has 1 rings (SSSR count). The molecule has 0 aromatic carbocycles. The highest BCUT2D eigenvalue weighted by molar-refractivity contribution is 5.98. The number of carbonyl (C=O) groups excluding carboxylic acids is 2. The lowest BCUT2D eigenvalue weighted by atomic mass is 9.87. The molecule has 0 saturated carbocycles. The zero-order valence-corrected chi connectivity index (χ0v) is 10.9. The fourth-order valence-corrected chi connectivity index (χ4v) is 1.92. The Kier molecular flexibility index (Phi) is 4.20. The van der Waals surface area contributed by atoms with E-state index in [1.807, 2.05) is 0 Å². The molecule has 1 fully saturated rings. The molecule has 3 amide bonds. The van der Waals surface area contributed by atoms with Crippen molar-refractivity contribution in [1.82, 2.24) is 10.0 Å². The lowest BCUT2D eigenvalue weighted by Crippen LogP contribution is -2.75. The number of imide groups is 1. The molecule has 1 heterocycles. The molecule has 6 N–H and O–H groups in total. The van der Waals surface area contributed by atoms with E-state index >= 15 is 0 Å². The SMILES string of the molecule is CC1(C[N+]([O-])(O)O)CN([N+]([O-])(O)O)C(=O)N([N+]([O-])(O)O)C1=O. The summed E-state index contributed by atoms with van der Waals surface area (Å²) >= 11 is 0. The van der Waals surface area contributed by atoms with Gasteiger partial charge in [-0.25, -0.2) is 4.79 Å². The Morgan fingerprint density at radius 3 is 1.82 bits per heavy atom. The average Bonchev–Trinajstić information content (AvgIpc) is 2.18. The Morgan fingerprint density at radius 1 is 1.05 bits per heavy atom. The molecule has 16 nitrogen and oxygen atoms in total. The number of hydrogen-bond acceptors (Lipinski definition) is 11. The summed E-state index contributed by atoms with van der Waals surface area (Å²) in [4.78, 5) is 20.5. The van der Waals surface area contributed by atoms with Gasteiger partial charge < -0.3 is 15.6 Å². The van der Waals surface area contributed by atoms with Crippen LogP contribution in [0.3, 0.4) is 0 Å². The smallest absolute Gasteiger partial charge is 0.428 e. The van der Waals surface area contributed by atoms with Gasteiger partial charge in [0.15, 0.2) is 6.54 Å². The van der Waals surface area contributed by atoms with Crippen LogP contribution in [0.5, 0.6) is 0 Å². The van der Waals surface area contributed by atoms with Gasteiger partial charge in [-0.15, -0.1) is 0 Å². The summed E-state index contributed by atoms with van der Waals surface area (Å²) in [5, 5.41) is 77.0. The van der Waals surface area contributed by atoms with Gasteiger partial charge in [-0.3, -0.25) is 4.79 Å². The monoisotopic (exact) mass is 331 g/mol. The highest BCUT2D eigenvalue weighted by atomic mass is 17.1. The third kappa shape index (κ3) is 3.61. The van der Waals surface area contributed by atoms with Crippen molar-refractivity contribution >= 4 is 11.9 Å². The number of nitrogens with zero attached hydrogens (tertiary/aromatic N) is 5. The van der Waals surface area contributed by atoms with E-state index in [0.717, 1.165) is 6.92 Å². The molecule has 0 aromatic heterocycles. The van der Waals surface area contributed by atoms with E-state index in [9.17, 15) is 25.2 Å². The van der Waals surface area contributed by atoms with Crippen LogP contribution in [0.2, 0.25) is 0 Å². The Balaban J connectivity index is 3.37. The van der Waals surface area contributed by atoms with Crippen molar-refractivity contribution in [3.8, 4) is 0 Å². The quantitative estimate of drug-likeness (QED) is 0.252. The van der Waals surface area contributed by atoms with Gasteiger partial charge in [-0.1, -0.05) is 9.98 Å². The molecule has 0 radical (unpaired) electrons. The second kappa shape index (κ2) is 4.99. The van der Waals surface area contributed by atoms with Crippen molar-refractivity contribution < 1.29 is 56.0 Å². The highest BCUT2D eigenvalue weighted by Gasteiger charge is 2.61. The van der Waals surface area contributed by atoms with Crippen LogP contribution in [0.15, 0.2) is 0 Å². The minimum atomic E-state index is -3.71. The summed E-state index contributed by atoms with van der Waals surface area (Å²) in [7, 11) is 0. The second-order valence-electron chi connectivity index (χ2n) is 4.87. The number of amides is 3. The second-order valence-corrected chi connectivity index (χ2v) is 4.87. The molecule has 0 bridgehead atoms. The maximum atomic E-state index is 12.0. The van der Waals surface area contributed by atoms with Crippen molar-refractivity contribution in [3.63, 3.8) is 0 Å². The highest BCUT2D eigenvalue weighted by Crippen LogP contribution is 2.33. The van der Waals surface area contributed by atoms with Crippen LogP contribution in [-0.2, 0) is 4.79 Å². The number of quaternary nitrogens is 3. The Bertz CT molecular complexity index is 477. The van der Waals surface area contributed by atoms with Crippen LogP contribution in [0.1, 0.15) is 6.92 Å². The van der Waals surface area contributed by atoms with Crippen LogP contribution in [0.4, 0.5) is 4.79 Å². The van der Waals surface area contributed by atoms with Crippen molar-refractivity contribution in [2.24, 2.45) is 5.41 Å². The molecule has 1 unspecified atom stereocenters. The molecular weight excluding hydrogens is 318 g/mol. The summed E-state index contributed by atoms with van der Waals surface area (Å²) in [6.07, 6.45) is 0. The maximum Gasteiger partial charge on any atom is 0.428 e. The first-order valence-corrected chi connectivity index (χ1v) is 5.32. The van der Waals surface area contributed by atoms with Crippen LogP contribution >= 0.6 is 0 Å². The predicted molar refractivity (Wildman–Crippen MR) is 53.5 cm³/mol. The largest absolute Gasteiger partial charge is 0.564 e. The number of carbonyl (C=O) groups is 2. The van der Waals surface area contributed by atoms with Crippen LogP contribution in [-0.4, -0.2) is 81.4 Å². The molecule has 16 heteroatoms. The van der Waals surface area contributed by atoms with Crippen LogP contribution in [0.25, 0.3) is 0 Å². The standard InChI is InChI=1S/C6H13N5O11/c1-6(3-9(14,15)16)2-7(10(17,18)19)5(13)8(4(6)12)11(20,21)22/h14-15,17-18,20-21H,2-3H2,1H3. The molecule has 1 saturated heterocycles. The minimum Gasteiger partial charge on any atom is -0.564 e. The van der Waals surface area contributed by atoms with E-state index in [1.54, 1.807) is 0 Å². The van der Waals surface area contributed by atoms with Crippen LogP contribution < -0.4 is 0 Å². The lowest BCUT2D eigenvalue weighted by Gasteiger charge is -2.47. The van der Waals surface area contributed by atoms with Crippen molar-refractivity contribution in [2.45, 2.75) is 6.92 Å². The molecule has 0 aliphatic carbocycles. The third-order valence-corrected chi connectivity index (χ3v) is 2.74. The van der Waals surface area contributed by atoms with E-state index in [0.29, 0.717) is 0 Å². The van der Waals surface area contributed by atoms with E-state index in [1.165, 1.54) is 0 Å². The summed E-state index contributed by atoms with van der Waals surface area (Å²) in [5.41, 5.74) is -2.46. The molecular formula is C6H13N5O11. The molecule has 128 valence electrons. The van der Waals surface area contributed by atoms with Gasteiger partial charge in [0, 0.05) is 10.2 Å². The summed E-state index contributed by atoms with van der Waals surface area (Å²) in [5.74, 6) is -1.79. The van der Waals surface area contributed by atoms with Gasteiger partial charge in [-0.2, -0.15) is 31.2 Å². The van der Waals surface area contributed by atoms with Crippen LogP contribution in [0, 0.1) is 21.0 Å². The maximum absolute atomic E-state index is 12.0. The van der Waals surface area contributed by atoms with Gasteiger partial charge in [0.25, 0.3) is 5.91 Å². The molecule has 1 aliphatic heterocycles. The lowest BCUT2D eigenvalue weighted by molar-refractivity contribution is -1.29. The Morgan fingerprint density at radius 2 is 1.50 bits per heavy atom. The van der Waals surface area contributed by atoms with E-state index in [-0.39, 0.29) is 0 Å². The summed E-state index contributed by atoms with van der Waals surface area (Å²) < 4.78 is 0. The van der Waals surface area contributed by atoms with E-state index in [2.05, 4.69) is 0 Å². The number of rotatable bonds is 4. The Labute approximate surface area is 120 Å². The van der Waals surface area contributed by atoms with E-state index < -0.39 is 55.6 Å². The number of hydrogen-bond donors (Lipinski definition) is 6. The first-order chi connectivity index (χ1) is 9.49. The van der Waals surface area contributed by atoms with E-state index in [4.69, 9.17) is 31.2 Å². The molecule has 1 atom stereocenters. The predicted octanol–water partition coefficient (Wildman–Crippen LogP) is -1.63. The van der Waals surface area contributed by atoms with Gasteiger partial charge >= 0.3 is 6.03 Å². The third-order valence-electron chi connectivity index (χ3n) is 2.74. The summed E-state index contributed by atoms with van der Waals surface area (Å²) in [6, 6.07) is -2.12. The van der Waals surface area contributed by atoms with Crippen molar-refractivity contribution in [2.75, 3.05) is 13.1 Å². The molecule has 1 aliphatic rings. The van der Waals surface area contributed by atoms with Crippen molar-refractivity contribution in [3.05, 3.63) is 15.6 Å².